The van der Waals surface area contributed by atoms with E-state index >= 15 is 0 Å². The molecule has 0 amide bonds. The molecule has 0 atom stereocenters. The van der Waals surface area contributed by atoms with Gasteiger partial charge in [0.1, 0.15) is 0 Å². The summed E-state index contributed by atoms with van der Waals surface area (Å²) in [6, 6.07) is 115. The number of fused-ring (bicyclic) bond motifs is 15. The molecule has 14 aromatic carbocycles. The molecule has 426 valence electrons. The molecule has 0 unspecified atom stereocenters. The van der Waals surface area contributed by atoms with Gasteiger partial charge in [-0.1, -0.05) is 212 Å². The first-order valence-corrected chi connectivity index (χ1v) is 31.5. The minimum absolute atomic E-state index is 0.677. The molecule has 1 aliphatic rings. The van der Waals surface area contributed by atoms with Gasteiger partial charge in [-0.3, -0.25) is 0 Å². The summed E-state index contributed by atoms with van der Waals surface area (Å²) < 4.78 is 9.67. The van der Waals surface area contributed by atoms with Crippen LogP contribution in [0.4, 0.5) is 0 Å². The Labute approximate surface area is 528 Å². The fraction of sp³-hybridized carbons (Fsp3) is 0. The lowest BCUT2D eigenvalue weighted by Crippen LogP contribution is -1.99. The molecule has 0 spiro atoms. The average Bonchev–Trinajstić information content (AvgIpc) is 1.56. The van der Waals surface area contributed by atoms with Crippen LogP contribution in [0, 0.1) is 0 Å². The Bertz CT molecular complexity index is 6300. The Morgan fingerprint density at radius 3 is 1.18 bits per heavy atom. The van der Waals surface area contributed by atoms with Crippen LogP contribution in [0.15, 0.2) is 315 Å². The smallest absolute Gasteiger partial charge is 0.160 e. The Morgan fingerprint density at radius 1 is 0.207 bits per heavy atom. The predicted octanol–water partition coefficient (Wildman–Crippen LogP) is 22.3. The number of benzene rings is 14. The van der Waals surface area contributed by atoms with E-state index in [2.05, 4.69) is 334 Å². The van der Waals surface area contributed by atoms with Crippen molar-refractivity contribution in [2.45, 2.75) is 0 Å². The second-order valence-corrected chi connectivity index (χ2v) is 24.4. The van der Waals surface area contributed by atoms with Gasteiger partial charge in [-0.25, -0.2) is 9.97 Å². The first-order valence-electron chi connectivity index (χ1n) is 31.5. The van der Waals surface area contributed by atoms with Crippen molar-refractivity contribution < 1.29 is 0 Å². The zero-order valence-corrected chi connectivity index (χ0v) is 49.7. The minimum Gasteiger partial charge on any atom is -0.309 e. The quantitative estimate of drug-likeness (QED) is 0.152. The molecule has 5 aromatic heterocycles. The van der Waals surface area contributed by atoms with Crippen molar-refractivity contribution in [2.24, 2.45) is 0 Å². The van der Waals surface area contributed by atoms with Crippen molar-refractivity contribution in [3.63, 3.8) is 0 Å². The van der Waals surface area contributed by atoms with Crippen LogP contribution in [0.25, 0.3) is 188 Å². The number of hydrogen-bond donors (Lipinski definition) is 0. The van der Waals surface area contributed by atoms with E-state index in [-0.39, 0.29) is 0 Å². The lowest BCUT2D eigenvalue weighted by molar-refractivity contribution is 1.16. The van der Waals surface area contributed by atoms with Crippen LogP contribution < -0.4 is 0 Å². The number of aromatic nitrogens is 6. The molecule has 6 heteroatoms. The maximum atomic E-state index is 5.68. The fourth-order valence-corrected chi connectivity index (χ4v) is 15.5. The van der Waals surface area contributed by atoms with E-state index in [1.807, 2.05) is 0 Å². The SMILES string of the molecule is c1ccc(-c2nc(-c3cccc(-n4c5ccccc5c5ccc(-c6ccc7c(c6)c6ccccc6n7-c6ccccc6)cc54)c3)nc3c2-c2ccc(-n4c5ccccc5c5ccc(-c6ccc7c(c6)c6ccccc6n7-c6ccccc6)cc54)c4cccc-3c24)cc1. The highest BCUT2D eigenvalue weighted by Crippen LogP contribution is 2.52. The van der Waals surface area contributed by atoms with Crippen LogP contribution in [0.5, 0.6) is 0 Å². The van der Waals surface area contributed by atoms with Gasteiger partial charge in [0, 0.05) is 93.2 Å². The molecule has 19 aromatic rings. The third-order valence-corrected chi connectivity index (χ3v) is 19.5. The van der Waals surface area contributed by atoms with Crippen LogP contribution >= 0.6 is 0 Å². The summed E-state index contributed by atoms with van der Waals surface area (Å²) in [5.74, 6) is 0.677. The Morgan fingerprint density at radius 2 is 0.609 bits per heavy atom. The molecule has 1 aliphatic carbocycles. The molecular formula is C86H52N6. The van der Waals surface area contributed by atoms with E-state index in [9.17, 15) is 0 Å². The number of rotatable bonds is 8. The number of para-hydroxylation sites is 6. The lowest BCUT2D eigenvalue weighted by Gasteiger charge is -2.15. The number of hydrogen-bond acceptors (Lipinski definition) is 2. The summed E-state index contributed by atoms with van der Waals surface area (Å²) in [5, 5.41) is 12.1. The van der Waals surface area contributed by atoms with E-state index in [0.717, 1.165) is 95.0 Å². The van der Waals surface area contributed by atoms with E-state index in [1.165, 1.54) is 87.2 Å². The Hall–Kier alpha value is -12.4. The molecule has 6 nitrogen and oxygen atoms in total. The Kier molecular flexibility index (Phi) is 10.8. The molecule has 20 rings (SSSR count). The summed E-state index contributed by atoms with van der Waals surface area (Å²) in [4.78, 5) is 11.3. The van der Waals surface area contributed by atoms with Gasteiger partial charge in [-0.05, 0) is 131 Å². The molecule has 5 heterocycles. The predicted molar refractivity (Wildman–Crippen MR) is 383 cm³/mol. The van der Waals surface area contributed by atoms with Crippen molar-refractivity contribution in [1.29, 1.82) is 0 Å². The summed E-state index contributed by atoms with van der Waals surface area (Å²) in [6.45, 7) is 0. The Balaban J connectivity index is 0.726. The van der Waals surface area contributed by atoms with Gasteiger partial charge in [0.25, 0.3) is 0 Å². The first kappa shape index (κ1) is 50.6. The molecule has 92 heavy (non-hydrogen) atoms. The van der Waals surface area contributed by atoms with Gasteiger partial charge in [0.05, 0.1) is 61.2 Å². The first-order chi connectivity index (χ1) is 45.6. The topological polar surface area (TPSA) is 45.5 Å². The zero-order valence-electron chi connectivity index (χ0n) is 49.7. The molecule has 0 radical (unpaired) electrons. The highest BCUT2D eigenvalue weighted by molar-refractivity contribution is 6.21. The third-order valence-electron chi connectivity index (χ3n) is 19.5. The lowest BCUT2D eigenvalue weighted by atomic mass is 9.98. The minimum atomic E-state index is 0.677. The van der Waals surface area contributed by atoms with Crippen LogP contribution in [0.3, 0.4) is 0 Å². The maximum absolute atomic E-state index is 5.68. The van der Waals surface area contributed by atoms with E-state index in [1.54, 1.807) is 0 Å². The van der Waals surface area contributed by atoms with Gasteiger partial charge in [0.15, 0.2) is 5.82 Å². The largest absolute Gasteiger partial charge is 0.309 e. The highest BCUT2D eigenvalue weighted by atomic mass is 15.0. The summed E-state index contributed by atoms with van der Waals surface area (Å²) in [6.07, 6.45) is 0. The maximum Gasteiger partial charge on any atom is 0.160 e. The molecule has 0 saturated carbocycles. The highest BCUT2D eigenvalue weighted by Gasteiger charge is 2.31. The van der Waals surface area contributed by atoms with Crippen LogP contribution in [0.1, 0.15) is 0 Å². The summed E-state index contributed by atoms with van der Waals surface area (Å²) in [7, 11) is 0. The zero-order chi connectivity index (χ0) is 60.1. The molecule has 0 N–H and O–H groups in total. The monoisotopic (exact) mass is 1170 g/mol. The van der Waals surface area contributed by atoms with Gasteiger partial charge < -0.3 is 18.3 Å². The van der Waals surface area contributed by atoms with Gasteiger partial charge >= 0.3 is 0 Å². The third kappa shape index (κ3) is 7.37. The molecular weight excluding hydrogens is 1120 g/mol. The van der Waals surface area contributed by atoms with E-state index in [0.29, 0.717) is 5.82 Å². The van der Waals surface area contributed by atoms with Crippen molar-refractivity contribution in [3.05, 3.63) is 315 Å². The average molecular weight is 1170 g/mol. The molecule has 0 bridgehead atoms. The standard InChI is InChI=1S/C86H52N6/c1-4-20-53(21-5-1)84-83-69-44-47-77(92-76-37-17-11-29-63(76)67-43-39-57(52-81(67)92)55-41-46-79-72(50-55)65-31-13-16-36-75(65)90(79)60-25-8-3-9-26-60)68-32-19-33-70(82(68)69)85(83)88-86(87-84)58-22-18-27-61(48-58)91-73-34-14-10-28-62(73)66-42-38-56(51-80(66)91)54-40-45-78-71(49-54)64-30-12-15-35-74(64)89(78)59-23-6-2-7-24-59/h1-52H. The van der Waals surface area contributed by atoms with Crippen LogP contribution in [0.2, 0.25) is 0 Å². The number of nitrogens with zero attached hydrogens (tertiary/aromatic N) is 6. The van der Waals surface area contributed by atoms with Gasteiger partial charge in [-0.15, -0.1) is 0 Å². The van der Waals surface area contributed by atoms with Crippen molar-refractivity contribution >= 4 is 98.0 Å². The van der Waals surface area contributed by atoms with Gasteiger partial charge in [0.2, 0.25) is 0 Å². The second-order valence-electron chi connectivity index (χ2n) is 24.4. The normalized spacial score (nSPS) is 12.1. The van der Waals surface area contributed by atoms with Crippen molar-refractivity contribution in [2.75, 3.05) is 0 Å². The van der Waals surface area contributed by atoms with Crippen LogP contribution in [-0.2, 0) is 0 Å². The fourth-order valence-electron chi connectivity index (χ4n) is 15.5. The van der Waals surface area contributed by atoms with E-state index in [4.69, 9.17) is 9.97 Å². The molecule has 0 aliphatic heterocycles. The molecule has 0 saturated heterocycles. The summed E-state index contributed by atoms with van der Waals surface area (Å²) >= 11 is 0. The van der Waals surface area contributed by atoms with Crippen molar-refractivity contribution in [1.82, 2.24) is 28.2 Å². The van der Waals surface area contributed by atoms with E-state index < -0.39 is 0 Å². The van der Waals surface area contributed by atoms with Gasteiger partial charge in [-0.2, -0.15) is 0 Å². The second kappa shape index (κ2) is 19.6. The van der Waals surface area contributed by atoms with Crippen LogP contribution in [-0.4, -0.2) is 28.2 Å². The molecule has 0 fully saturated rings. The summed E-state index contributed by atoms with van der Waals surface area (Å²) in [5.41, 5.74) is 25.6. The van der Waals surface area contributed by atoms with Crippen molar-refractivity contribution in [3.8, 4) is 90.0 Å².